The first-order valence-corrected chi connectivity index (χ1v) is 9.73. The Morgan fingerprint density at radius 3 is 2.58 bits per heavy atom. The molecule has 6 heteroatoms. The molecule has 140 valence electrons. The number of nitrogens with one attached hydrogen (secondary N) is 1. The van der Waals surface area contributed by atoms with Crippen molar-refractivity contribution in [2.24, 2.45) is 0 Å². The summed E-state index contributed by atoms with van der Waals surface area (Å²) in [5.41, 5.74) is 0.598. The Bertz CT molecular complexity index is 755. The number of likely N-dealkylation sites (tertiary alicyclic amines) is 1. The molecule has 0 radical (unpaired) electrons. The summed E-state index contributed by atoms with van der Waals surface area (Å²) in [5.74, 6) is 0.595. The van der Waals surface area contributed by atoms with Crippen LogP contribution in [0.2, 0.25) is 0 Å². The Morgan fingerprint density at radius 1 is 1.08 bits per heavy atom. The highest BCUT2D eigenvalue weighted by Crippen LogP contribution is 2.30. The summed E-state index contributed by atoms with van der Waals surface area (Å²) >= 11 is 0. The number of anilines is 1. The van der Waals surface area contributed by atoms with Crippen LogP contribution in [0.3, 0.4) is 0 Å². The van der Waals surface area contributed by atoms with Crippen molar-refractivity contribution < 1.29 is 9.13 Å². The Kier molecular flexibility index (Phi) is 5.20. The number of hydrogen-bond donors (Lipinski definition) is 1. The molecule has 2 fully saturated rings. The van der Waals surface area contributed by atoms with Gasteiger partial charge >= 0.3 is 0 Å². The van der Waals surface area contributed by atoms with Gasteiger partial charge in [0, 0.05) is 36.6 Å². The van der Waals surface area contributed by atoms with Gasteiger partial charge in [-0.25, -0.2) is 14.4 Å². The highest BCUT2D eigenvalue weighted by Gasteiger charge is 2.26. The number of piperidine rings is 1. The van der Waals surface area contributed by atoms with Gasteiger partial charge in [0.05, 0.1) is 12.6 Å². The lowest BCUT2D eigenvalue weighted by atomic mass is 9.92. The molecule has 0 unspecified atom stereocenters. The standard InChI is InChI=1S/C20H27FN4O/c1-26-19-11-16-18(12-17(19)21)22-13-23-20(16)24-14-7-9-25(10-8-14)15-5-3-2-4-6-15/h11-15H,2-10H2,1H3,(H,22,23,24). The molecule has 1 saturated heterocycles. The minimum atomic E-state index is -0.398. The molecular weight excluding hydrogens is 331 g/mol. The lowest BCUT2D eigenvalue weighted by Crippen LogP contribution is -2.45. The van der Waals surface area contributed by atoms with Crippen molar-refractivity contribution in [3.8, 4) is 5.75 Å². The second-order valence-corrected chi connectivity index (χ2v) is 7.47. The van der Waals surface area contributed by atoms with Crippen molar-refractivity contribution in [1.29, 1.82) is 0 Å². The SMILES string of the molecule is COc1cc2c(NC3CCN(C4CCCCC4)CC3)ncnc2cc1F. The summed E-state index contributed by atoms with van der Waals surface area (Å²) in [5, 5.41) is 4.37. The Morgan fingerprint density at radius 2 is 1.85 bits per heavy atom. The Labute approximate surface area is 154 Å². The average Bonchev–Trinajstić information content (AvgIpc) is 2.69. The number of fused-ring (bicyclic) bond motifs is 1. The van der Waals surface area contributed by atoms with Crippen LogP contribution in [0.15, 0.2) is 18.5 Å². The maximum atomic E-state index is 13.9. The smallest absolute Gasteiger partial charge is 0.167 e. The van der Waals surface area contributed by atoms with E-state index in [1.807, 2.05) is 0 Å². The van der Waals surface area contributed by atoms with Crippen LogP contribution in [0.4, 0.5) is 10.2 Å². The Balaban J connectivity index is 1.44. The van der Waals surface area contributed by atoms with Crippen molar-refractivity contribution in [1.82, 2.24) is 14.9 Å². The van der Waals surface area contributed by atoms with Gasteiger partial charge in [-0.1, -0.05) is 19.3 Å². The minimum absolute atomic E-state index is 0.225. The molecule has 26 heavy (non-hydrogen) atoms. The number of benzene rings is 1. The number of aromatic nitrogens is 2. The normalized spacial score (nSPS) is 20.4. The van der Waals surface area contributed by atoms with E-state index in [1.165, 1.54) is 51.6 Å². The van der Waals surface area contributed by atoms with Crippen LogP contribution in [0.1, 0.15) is 44.9 Å². The molecule has 0 bridgehead atoms. The fraction of sp³-hybridized carbons (Fsp3) is 0.600. The third-order valence-corrected chi connectivity index (χ3v) is 5.87. The van der Waals surface area contributed by atoms with Crippen molar-refractivity contribution in [2.75, 3.05) is 25.5 Å². The molecule has 0 amide bonds. The van der Waals surface area contributed by atoms with Crippen LogP contribution in [0, 0.1) is 5.82 Å². The van der Waals surface area contributed by atoms with Gasteiger partial charge in [0.1, 0.15) is 12.1 Å². The zero-order valence-electron chi connectivity index (χ0n) is 15.4. The van der Waals surface area contributed by atoms with Crippen LogP contribution in [0.25, 0.3) is 10.9 Å². The molecule has 0 spiro atoms. The molecule has 1 aromatic heterocycles. The summed E-state index contributed by atoms with van der Waals surface area (Å²) in [6.45, 7) is 2.28. The van der Waals surface area contributed by atoms with Crippen LogP contribution in [0.5, 0.6) is 5.75 Å². The van der Waals surface area contributed by atoms with Crippen molar-refractivity contribution in [3.63, 3.8) is 0 Å². The van der Waals surface area contributed by atoms with Crippen molar-refractivity contribution in [2.45, 2.75) is 57.0 Å². The predicted molar refractivity (Wildman–Crippen MR) is 101 cm³/mol. The maximum Gasteiger partial charge on any atom is 0.167 e. The molecule has 4 rings (SSSR count). The second-order valence-electron chi connectivity index (χ2n) is 7.47. The van der Waals surface area contributed by atoms with Gasteiger partial charge in [0.15, 0.2) is 11.6 Å². The molecular formula is C20H27FN4O. The van der Waals surface area contributed by atoms with E-state index in [2.05, 4.69) is 20.2 Å². The second kappa shape index (κ2) is 7.74. The molecule has 1 aromatic carbocycles. The lowest BCUT2D eigenvalue weighted by Gasteiger charge is -2.39. The van der Waals surface area contributed by atoms with E-state index in [1.54, 1.807) is 6.07 Å². The molecule has 1 N–H and O–H groups in total. The topological polar surface area (TPSA) is 50.3 Å². The number of rotatable bonds is 4. The number of ether oxygens (including phenoxy) is 1. The Hall–Kier alpha value is -1.95. The van der Waals surface area contributed by atoms with E-state index >= 15 is 0 Å². The van der Waals surface area contributed by atoms with Gasteiger partial charge in [0.2, 0.25) is 0 Å². The summed E-state index contributed by atoms with van der Waals surface area (Å²) in [6, 6.07) is 4.28. The fourth-order valence-corrected chi connectivity index (χ4v) is 4.38. The molecule has 1 saturated carbocycles. The van der Waals surface area contributed by atoms with Crippen LogP contribution < -0.4 is 10.1 Å². The molecule has 2 aliphatic rings. The fourth-order valence-electron chi connectivity index (χ4n) is 4.38. The van der Waals surface area contributed by atoms with Crippen LogP contribution in [-0.4, -0.2) is 47.2 Å². The number of nitrogens with zero attached hydrogens (tertiary/aromatic N) is 3. The largest absolute Gasteiger partial charge is 0.494 e. The van der Waals surface area contributed by atoms with E-state index in [4.69, 9.17) is 4.74 Å². The van der Waals surface area contributed by atoms with Gasteiger partial charge in [-0.2, -0.15) is 0 Å². The van der Waals surface area contributed by atoms with Crippen LogP contribution >= 0.6 is 0 Å². The summed E-state index contributed by atoms with van der Waals surface area (Å²) in [4.78, 5) is 11.3. The third kappa shape index (κ3) is 3.61. The van der Waals surface area contributed by atoms with Crippen molar-refractivity contribution >= 4 is 16.7 Å². The number of halogens is 1. The highest BCUT2D eigenvalue weighted by molar-refractivity contribution is 5.90. The van der Waals surface area contributed by atoms with Crippen LogP contribution in [-0.2, 0) is 0 Å². The zero-order chi connectivity index (χ0) is 17.9. The van der Waals surface area contributed by atoms with E-state index in [0.29, 0.717) is 11.6 Å². The first kappa shape index (κ1) is 17.5. The van der Waals surface area contributed by atoms with Gasteiger partial charge < -0.3 is 15.0 Å². The molecule has 5 nitrogen and oxygen atoms in total. The average molecular weight is 358 g/mol. The van der Waals surface area contributed by atoms with Crippen molar-refractivity contribution in [3.05, 3.63) is 24.3 Å². The first-order valence-electron chi connectivity index (χ1n) is 9.73. The predicted octanol–water partition coefficient (Wildman–Crippen LogP) is 3.99. The van der Waals surface area contributed by atoms with E-state index < -0.39 is 5.82 Å². The van der Waals surface area contributed by atoms with Gasteiger partial charge in [-0.15, -0.1) is 0 Å². The van der Waals surface area contributed by atoms with E-state index in [9.17, 15) is 4.39 Å². The molecule has 0 atom stereocenters. The maximum absolute atomic E-state index is 13.9. The van der Waals surface area contributed by atoms with Gasteiger partial charge in [0.25, 0.3) is 0 Å². The number of methoxy groups -OCH3 is 1. The molecule has 2 aromatic rings. The zero-order valence-corrected chi connectivity index (χ0v) is 15.4. The minimum Gasteiger partial charge on any atom is -0.494 e. The highest BCUT2D eigenvalue weighted by atomic mass is 19.1. The van der Waals surface area contributed by atoms with E-state index in [0.717, 1.165) is 43.2 Å². The van der Waals surface area contributed by atoms with Gasteiger partial charge in [-0.05, 0) is 31.7 Å². The summed E-state index contributed by atoms with van der Waals surface area (Å²) in [7, 11) is 1.47. The number of hydrogen-bond acceptors (Lipinski definition) is 5. The molecule has 1 aliphatic carbocycles. The first-order chi connectivity index (χ1) is 12.7. The van der Waals surface area contributed by atoms with Gasteiger partial charge in [-0.3, -0.25) is 0 Å². The lowest BCUT2D eigenvalue weighted by molar-refractivity contribution is 0.126. The monoisotopic (exact) mass is 358 g/mol. The summed E-state index contributed by atoms with van der Waals surface area (Å²) in [6.07, 6.45) is 10.6. The third-order valence-electron chi connectivity index (χ3n) is 5.87. The van der Waals surface area contributed by atoms with E-state index in [-0.39, 0.29) is 5.75 Å². The summed E-state index contributed by atoms with van der Waals surface area (Å²) < 4.78 is 19.0. The molecule has 2 heterocycles. The molecule has 1 aliphatic heterocycles. The quantitative estimate of drug-likeness (QED) is 0.896.